The maximum Gasteiger partial charge on any atom is 0.233 e. The van der Waals surface area contributed by atoms with E-state index >= 15 is 0 Å². The molecule has 0 spiro atoms. The number of rotatable bonds is 5. The molecule has 2 aliphatic carbocycles. The minimum atomic E-state index is -0.566. The normalized spacial score (nSPS) is 29.1. The van der Waals surface area contributed by atoms with Crippen molar-refractivity contribution in [2.45, 2.75) is 69.6 Å². The van der Waals surface area contributed by atoms with Crippen LogP contribution >= 0.6 is 24.0 Å². The summed E-state index contributed by atoms with van der Waals surface area (Å²) in [7, 11) is 0. The summed E-state index contributed by atoms with van der Waals surface area (Å²) in [6.45, 7) is 2.19. The molecule has 2 unspecified atom stereocenters. The van der Waals surface area contributed by atoms with Gasteiger partial charge in [-0.05, 0) is 37.9 Å². The van der Waals surface area contributed by atoms with Gasteiger partial charge >= 0.3 is 0 Å². The number of thioether (sulfide) groups is 1. The van der Waals surface area contributed by atoms with Crippen LogP contribution < -0.4 is 11.1 Å². The largest absolute Gasteiger partial charge is 0.392 e. The fourth-order valence-corrected chi connectivity index (χ4v) is 4.96. The van der Waals surface area contributed by atoms with E-state index in [0.29, 0.717) is 16.3 Å². The summed E-state index contributed by atoms with van der Waals surface area (Å²) in [6, 6.07) is 0.319. The predicted molar refractivity (Wildman–Crippen MR) is 90.0 cm³/mol. The fourth-order valence-electron chi connectivity index (χ4n) is 3.52. The Kier molecular flexibility index (Phi) is 5.73. The van der Waals surface area contributed by atoms with Crippen molar-refractivity contribution >= 4 is 34.9 Å². The maximum atomic E-state index is 12.7. The highest BCUT2D eigenvalue weighted by Crippen LogP contribution is 2.38. The Bertz CT molecular complexity index is 367. The number of nitrogens with two attached hydrogens (primary N) is 1. The molecule has 0 saturated heterocycles. The summed E-state index contributed by atoms with van der Waals surface area (Å²) >= 11 is 7.23. The Morgan fingerprint density at radius 1 is 1.35 bits per heavy atom. The summed E-state index contributed by atoms with van der Waals surface area (Å²) in [4.78, 5) is 13.1. The van der Waals surface area contributed by atoms with Gasteiger partial charge in [0.25, 0.3) is 0 Å². The van der Waals surface area contributed by atoms with Crippen molar-refractivity contribution in [1.82, 2.24) is 5.32 Å². The molecule has 2 aliphatic rings. The second-order valence-corrected chi connectivity index (χ2v) is 8.08. The van der Waals surface area contributed by atoms with Crippen LogP contribution in [0.3, 0.4) is 0 Å². The van der Waals surface area contributed by atoms with Gasteiger partial charge in [0, 0.05) is 11.3 Å². The molecular weight excluding hydrogens is 288 g/mol. The Hall–Kier alpha value is -0.290. The van der Waals surface area contributed by atoms with Crippen LogP contribution in [0.5, 0.6) is 0 Å². The molecule has 3 N–H and O–H groups in total. The van der Waals surface area contributed by atoms with E-state index in [1.807, 2.05) is 11.8 Å². The number of amides is 1. The molecule has 0 aromatic heterocycles. The first-order valence-corrected chi connectivity index (χ1v) is 9.26. The molecule has 2 saturated carbocycles. The van der Waals surface area contributed by atoms with Crippen molar-refractivity contribution in [3.05, 3.63) is 0 Å². The molecule has 0 heterocycles. The smallest absolute Gasteiger partial charge is 0.233 e. The van der Waals surface area contributed by atoms with Gasteiger partial charge in [-0.3, -0.25) is 4.79 Å². The molecular formula is C15H26N2OS2. The lowest BCUT2D eigenvalue weighted by molar-refractivity contribution is -0.129. The van der Waals surface area contributed by atoms with E-state index in [9.17, 15) is 4.79 Å². The van der Waals surface area contributed by atoms with Crippen LogP contribution in [0, 0.1) is 5.41 Å². The van der Waals surface area contributed by atoms with Gasteiger partial charge in [0.1, 0.15) is 0 Å². The number of thiocarbonyl (C=S) groups is 1. The monoisotopic (exact) mass is 314 g/mol. The third-order valence-electron chi connectivity index (χ3n) is 4.74. The van der Waals surface area contributed by atoms with Gasteiger partial charge in [0.05, 0.1) is 10.4 Å². The molecule has 3 nitrogen and oxygen atoms in total. The lowest BCUT2D eigenvalue weighted by atomic mass is 9.73. The summed E-state index contributed by atoms with van der Waals surface area (Å²) < 4.78 is 0. The number of hydrogen-bond acceptors (Lipinski definition) is 3. The minimum Gasteiger partial charge on any atom is -0.392 e. The van der Waals surface area contributed by atoms with Gasteiger partial charge < -0.3 is 11.1 Å². The van der Waals surface area contributed by atoms with E-state index in [1.165, 1.54) is 12.8 Å². The molecule has 0 radical (unpaired) electrons. The number of hydrogen-bond donors (Lipinski definition) is 2. The van der Waals surface area contributed by atoms with Crippen molar-refractivity contribution in [3.63, 3.8) is 0 Å². The fraction of sp³-hybridized carbons (Fsp3) is 0.867. The zero-order chi connectivity index (χ0) is 14.6. The number of carbonyl (C=O) groups excluding carboxylic acids is 1. The summed E-state index contributed by atoms with van der Waals surface area (Å²) in [5.74, 6) is 1.25. The van der Waals surface area contributed by atoms with Crippen molar-refractivity contribution in [1.29, 1.82) is 0 Å². The molecule has 0 aromatic carbocycles. The molecule has 20 heavy (non-hydrogen) atoms. The lowest BCUT2D eigenvalue weighted by Crippen LogP contribution is -2.52. The van der Waals surface area contributed by atoms with E-state index in [0.717, 1.165) is 44.3 Å². The molecule has 114 valence electrons. The van der Waals surface area contributed by atoms with E-state index in [4.69, 9.17) is 18.0 Å². The van der Waals surface area contributed by atoms with E-state index in [2.05, 4.69) is 12.2 Å². The summed E-state index contributed by atoms with van der Waals surface area (Å²) in [5, 5.41) is 3.95. The topological polar surface area (TPSA) is 55.1 Å². The zero-order valence-corrected chi connectivity index (χ0v) is 14.0. The van der Waals surface area contributed by atoms with Gasteiger partial charge in [0.15, 0.2) is 0 Å². The Balaban J connectivity index is 1.94. The predicted octanol–water partition coefficient (Wildman–Crippen LogP) is 3.01. The summed E-state index contributed by atoms with van der Waals surface area (Å²) in [6.07, 6.45) is 8.36. The first kappa shape index (κ1) is 16.1. The van der Waals surface area contributed by atoms with Crippen LogP contribution in [0.4, 0.5) is 0 Å². The molecule has 0 bridgehead atoms. The van der Waals surface area contributed by atoms with Crippen LogP contribution in [0.25, 0.3) is 0 Å². The van der Waals surface area contributed by atoms with Crippen molar-refractivity contribution in [2.75, 3.05) is 5.75 Å². The zero-order valence-electron chi connectivity index (χ0n) is 12.3. The maximum absolute atomic E-state index is 12.7. The first-order valence-electron chi connectivity index (χ1n) is 7.81. The Morgan fingerprint density at radius 3 is 2.65 bits per heavy atom. The average Bonchev–Trinajstić information content (AvgIpc) is 2.87. The SMILES string of the molecule is CCSC1CCC(NC(=O)C2(C(N)=S)CCCCC2)C1. The van der Waals surface area contributed by atoms with Crippen LogP contribution in [0.2, 0.25) is 0 Å². The Morgan fingerprint density at radius 2 is 2.05 bits per heavy atom. The third-order valence-corrected chi connectivity index (χ3v) is 6.36. The van der Waals surface area contributed by atoms with Crippen LogP contribution in [0.15, 0.2) is 0 Å². The number of nitrogens with one attached hydrogen (secondary N) is 1. The highest BCUT2D eigenvalue weighted by molar-refractivity contribution is 7.99. The highest BCUT2D eigenvalue weighted by Gasteiger charge is 2.43. The molecule has 5 heteroatoms. The first-order chi connectivity index (χ1) is 9.58. The number of carbonyl (C=O) groups is 1. The van der Waals surface area contributed by atoms with E-state index in [-0.39, 0.29) is 5.91 Å². The minimum absolute atomic E-state index is 0.0943. The summed E-state index contributed by atoms with van der Waals surface area (Å²) in [5.41, 5.74) is 5.35. The molecule has 1 amide bonds. The van der Waals surface area contributed by atoms with Gasteiger partial charge in [-0.2, -0.15) is 11.8 Å². The van der Waals surface area contributed by atoms with Gasteiger partial charge in [-0.1, -0.05) is 38.4 Å². The second-order valence-electron chi connectivity index (χ2n) is 6.07. The average molecular weight is 315 g/mol. The van der Waals surface area contributed by atoms with E-state index in [1.54, 1.807) is 0 Å². The third kappa shape index (κ3) is 3.48. The second kappa shape index (κ2) is 7.12. The molecule has 2 atom stereocenters. The van der Waals surface area contributed by atoms with Gasteiger partial charge in [-0.15, -0.1) is 0 Å². The van der Waals surface area contributed by atoms with E-state index < -0.39 is 5.41 Å². The van der Waals surface area contributed by atoms with Crippen LogP contribution in [-0.2, 0) is 4.79 Å². The molecule has 0 aromatic rings. The molecule has 0 aliphatic heterocycles. The quantitative estimate of drug-likeness (QED) is 0.766. The van der Waals surface area contributed by atoms with Gasteiger partial charge in [-0.25, -0.2) is 0 Å². The van der Waals surface area contributed by atoms with Crippen molar-refractivity contribution in [2.24, 2.45) is 11.1 Å². The van der Waals surface area contributed by atoms with Crippen LogP contribution in [0.1, 0.15) is 58.3 Å². The molecule has 2 rings (SSSR count). The highest BCUT2D eigenvalue weighted by atomic mass is 32.2. The Labute approximate surface area is 131 Å². The molecule has 2 fully saturated rings. The van der Waals surface area contributed by atoms with Crippen LogP contribution in [-0.4, -0.2) is 27.9 Å². The van der Waals surface area contributed by atoms with Crippen molar-refractivity contribution < 1.29 is 4.79 Å². The van der Waals surface area contributed by atoms with Crippen molar-refractivity contribution in [3.8, 4) is 0 Å². The lowest BCUT2D eigenvalue weighted by Gasteiger charge is -2.35. The standard InChI is InChI=1S/C15H26N2OS2/c1-2-20-12-7-6-11(10-12)17-14(18)15(13(16)19)8-4-3-5-9-15/h11-12H,2-10H2,1H3,(H2,16,19)(H,17,18). The van der Waals surface area contributed by atoms with Gasteiger partial charge in [0.2, 0.25) is 5.91 Å².